The minimum absolute atomic E-state index is 0.0567. The Morgan fingerprint density at radius 3 is 2.50 bits per heavy atom. The fourth-order valence-corrected chi connectivity index (χ4v) is 3.26. The van der Waals surface area contributed by atoms with Gasteiger partial charge in [0.1, 0.15) is 5.04 Å². The number of nitrogens with zero attached hydrogens (tertiary/aromatic N) is 3. The van der Waals surface area contributed by atoms with Gasteiger partial charge in [-0.25, -0.2) is 0 Å². The van der Waals surface area contributed by atoms with E-state index in [9.17, 15) is 4.79 Å². The second-order valence-corrected chi connectivity index (χ2v) is 7.58. The number of amides is 1. The Morgan fingerprint density at radius 2 is 1.79 bits per heavy atom. The van der Waals surface area contributed by atoms with E-state index in [0.717, 1.165) is 22.0 Å². The molecule has 6 heteroatoms. The van der Waals surface area contributed by atoms with Crippen molar-refractivity contribution in [3.05, 3.63) is 60.4 Å². The van der Waals surface area contributed by atoms with Gasteiger partial charge in [-0.05, 0) is 38.1 Å². The van der Waals surface area contributed by atoms with Crippen LogP contribution in [0.4, 0.5) is 5.69 Å². The topological polar surface area (TPSA) is 66.7 Å². The fourth-order valence-electron chi connectivity index (χ4n) is 2.23. The van der Waals surface area contributed by atoms with Crippen LogP contribution in [0.2, 0.25) is 0 Å². The van der Waals surface area contributed by atoms with Crippen molar-refractivity contribution in [3.63, 3.8) is 0 Å². The van der Waals surface area contributed by atoms with Crippen LogP contribution < -0.4 is 5.32 Å². The number of benzene rings is 1. The summed E-state index contributed by atoms with van der Waals surface area (Å²) in [4.78, 5) is 16.5. The normalized spacial score (nSPS) is 14.1. The van der Waals surface area contributed by atoms with Gasteiger partial charge in [-0.15, -0.1) is 5.10 Å². The number of thioether (sulfide) groups is 1. The van der Waals surface area contributed by atoms with Crippen LogP contribution in [0, 0.1) is 0 Å². The van der Waals surface area contributed by atoms with E-state index in [-0.39, 0.29) is 5.91 Å². The lowest BCUT2D eigenvalue weighted by atomic mass is 10.1. The molecule has 0 spiro atoms. The molecule has 122 valence electrons. The minimum atomic E-state index is -0.641. The second kappa shape index (κ2) is 6.97. The number of hydrogen-bond acceptors (Lipinski definition) is 5. The number of para-hydroxylation sites is 1. The highest BCUT2D eigenvalue weighted by molar-refractivity contribution is 8.15. The van der Waals surface area contributed by atoms with Crippen molar-refractivity contribution in [1.82, 2.24) is 4.98 Å². The molecule has 1 aliphatic heterocycles. The SMILES string of the molecule is CC(C)(SC1=NN=C(c2ccncc2)C1)C(=O)Nc1ccccc1. The second-order valence-electron chi connectivity index (χ2n) is 5.89. The molecule has 3 rings (SSSR count). The number of aromatic nitrogens is 1. The molecule has 0 unspecified atom stereocenters. The average molecular weight is 338 g/mol. The summed E-state index contributed by atoms with van der Waals surface area (Å²) < 4.78 is -0.641. The van der Waals surface area contributed by atoms with Crippen LogP contribution in [0.15, 0.2) is 65.1 Å². The Balaban J connectivity index is 1.60. The molecule has 1 aromatic carbocycles. The van der Waals surface area contributed by atoms with E-state index in [1.807, 2.05) is 56.3 Å². The Bertz CT molecular complexity index is 785. The molecule has 2 aromatic rings. The monoisotopic (exact) mass is 338 g/mol. The third kappa shape index (κ3) is 3.89. The third-order valence-corrected chi connectivity index (χ3v) is 4.72. The number of rotatable bonds is 4. The van der Waals surface area contributed by atoms with E-state index in [0.29, 0.717) is 6.42 Å². The summed E-state index contributed by atoms with van der Waals surface area (Å²) in [5, 5.41) is 12.3. The van der Waals surface area contributed by atoms with Crippen molar-refractivity contribution in [2.45, 2.75) is 25.0 Å². The average Bonchev–Trinajstić information content (AvgIpc) is 3.04. The lowest BCUT2D eigenvalue weighted by molar-refractivity contribution is -0.117. The van der Waals surface area contributed by atoms with Crippen LogP contribution in [-0.2, 0) is 4.79 Å². The van der Waals surface area contributed by atoms with E-state index >= 15 is 0 Å². The molecule has 2 heterocycles. The summed E-state index contributed by atoms with van der Waals surface area (Å²) in [5.41, 5.74) is 2.70. The molecule has 24 heavy (non-hydrogen) atoms. The summed E-state index contributed by atoms with van der Waals surface area (Å²) in [6, 6.07) is 13.3. The van der Waals surface area contributed by atoms with Gasteiger partial charge in [-0.1, -0.05) is 30.0 Å². The number of nitrogens with one attached hydrogen (secondary N) is 1. The Kier molecular flexibility index (Phi) is 4.76. The van der Waals surface area contributed by atoms with E-state index in [4.69, 9.17) is 0 Å². The number of carbonyl (C=O) groups is 1. The van der Waals surface area contributed by atoms with Gasteiger partial charge in [-0.3, -0.25) is 9.78 Å². The van der Waals surface area contributed by atoms with Crippen molar-refractivity contribution in [1.29, 1.82) is 0 Å². The zero-order chi connectivity index (χ0) is 17.0. The fraction of sp³-hybridized carbons (Fsp3) is 0.222. The predicted molar refractivity (Wildman–Crippen MR) is 99.6 cm³/mol. The number of anilines is 1. The maximum absolute atomic E-state index is 12.5. The highest BCUT2D eigenvalue weighted by Gasteiger charge is 2.32. The molecular weight excluding hydrogens is 320 g/mol. The summed E-state index contributed by atoms with van der Waals surface area (Å²) in [6.07, 6.45) is 4.11. The molecule has 0 saturated carbocycles. The molecule has 0 fully saturated rings. The lowest BCUT2D eigenvalue weighted by Gasteiger charge is -2.22. The predicted octanol–water partition coefficient (Wildman–Crippen LogP) is 3.74. The molecule has 0 bridgehead atoms. The standard InChI is InChI=1S/C18H18N4OS/c1-18(2,17(23)20-14-6-4-3-5-7-14)24-16-12-15(21-22-16)13-8-10-19-11-9-13/h3-11H,12H2,1-2H3,(H,20,23). The molecule has 1 N–H and O–H groups in total. The maximum Gasteiger partial charge on any atom is 0.240 e. The van der Waals surface area contributed by atoms with Gasteiger partial charge >= 0.3 is 0 Å². The van der Waals surface area contributed by atoms with Crippen molar-refractivity contribution < 1.29 is 4.79 Å². The van der Waals surface area contributed by atoms with Crippen molar-refractivity contribution in [2.75, 3.05) is 5.32 Å². The molecule has 0 atom stereocenters. The quantitative estimate of drug-likeness (QED) is 0.923. The molecule has 0 radical (unpaired) electrons. The summed E-state index contributed by atoms with van der Waals surface area (Å²) in [5.74, 6) is -0.0567. The Hall–Kier alpha value is -2.47. The summed E-state index contributed by atoms with van der Waals surface area (Å²) in [7, 11) is 0. The van der Waals surface area contributed by atoms with Crippen LogP contribution >= 0.6 is 11.8 Å². The zero-order valence-electron chi connectivity index (χ0n) is 13.6. The molecule has 1 aromatic heterocycles. The van der Waals surface area contributed by atoms with Crippen molar-refractivity contribution in [3.8, 4) is 0 Å². The largest absolute Gasteiger partial charge is 0.325 e. The molecule has 1 amide bonds. The Labute approximate surface area is 145 Å². The first-order chi connectivity index (χ1) is 11.5. The molecule has 5 nitrogen and oxygen atoms in total. The molecule has 0 aliphatic carbocycles. The van der Waals surface area contributed by atoms with Crippen LogP contribution in [0.5, 0.6) is 0 Å². The number of carbonyl (C=O) groups excluding carboxylic acids is 1. The van der Waals surface area contributed by atoms with Gasteiger partial charge in [0.05, 0.1) is 10.5 Å². The zero-order valence-corrected chi connectivity index (χ0v) is 14.4. The van der Waals surface area contributed by atoms with Crippen LogP contribution in [-0.4, -0.2) is 26.4 Å². The van der Waals surface area contributed by atoms with E-state index in [1.54, 1.807) is 12.4 Å². The maximum atomic E-state index is 12.5. The van der Waals surface area contributed by atoms with Gasteiger partial charge in [0.25, 0.3) is 0 Å². The first-order valence-electron chi connectivity index (χ1n) is 7.64. The lowest BCUT2D eigenvalue weighted by Crippen LogP contribution is -2.35. The smallest absolute Gasteiger partial charge is 0.240 e. The van der Waals surface area contributed by atoms with Gasteiger partial charge in [0, 0.05) is 30.1 Å². The molecule has 1 aliphatic rings. The minimum Gasteiger partial charge on any atom is -0.325 e. The van der Waals surface area contributed by atoms with Crippen LogP contribution in [0.1, 0.15) is 25.8 Å². The van der Waals surface area contributed by atoms with E-state index in [2.05, 4.69) is 20.5 Å². The number of hydrogen-bond donors (Lipinski definition) is 1. The first-order valence-corrected chi connectivity index (χ1v) is 8.45. The Morgan fingerprint density at radius 1 is 1.08 bits per heavy atom. The first kappa shape index (κ1) is 16.4. The van der Waals surface area contributed by atoms with E-state index < -0.39 is 4.75 Å². The van der Waals surface area contributed by atoms with Crippen LogP contribution in [0.25, 0.3) is 0 Å². The van der Waals surface area contributed by atoms with Gasteiger partial charge in [0.15, 0.2) is 0 Å². The van der Waals surface area contributed by atoms with Gasteiger partial charge < -0.3 is 5.32 Å². The van der Waals surface area contributed by atoms with E-state index in [1.165, 1.54) is 11.8 Å². The summed E-state index contributed by atoms with van der Waals surface area (Å²) in [6.45, 7) is 3.78. The third-order valence-electron chi connectivity index (χ3n) is 3.57. The van der Waals surface area contributed by atoms with Gasteiger partial charge in [-0.2, -0.15) is 5.10 Å². The number of pyridine rings is 1. The molecule has 0 saturated heterocycles. The van der Waals surface area contributed by atoms with Gasteiger partial charge in [0.2, 0.25) is 5.91 Å². The van der Waals surface area contributed by atoms with Crippen molar-refractivity contribution >= 4 is 34.1 Å². The summed E-state index contributed by atoms with van der Waals surface area (Å²) >= 11 is 1.44. The highest BCUT2D eigenvalue weighted by atomic mass is 32.2. The highest BCUT2D eigenvalue weighted by Crippen LogP contribution is 2.31. The molecular formula is C18H18N4OS. The van der Waals surface area contributed by atoms with Crippen LogP contribution in [0.3, 0.4) is 0 Å². The van der Waals surface area contributed by atoms with Crippen molar-refractivity contribution in [2.24, 2.45) is 10.2 Å².